The molecule has 1 aromatic carbocycles. The zero-order chi connectivity index (χ0) is 18.3. The quantitative estimate of drug-likeness (QED) is 0.821. The normalized spacial score (nSPS) is 21.4. The number of benzene rings is 1. The van der Waals surface area contributed by atoms with Crippen molar-refractivity contribution in [2.45, 2.75) is 51.1 Å². The highest BCUT2D eigenvalue weighted by Gasteiger charge is 2.37. The summed E-state index contributed by atoms with van der Waals surface area (Å²) in [6.07, 6.45) is 3.44. The van der Waals surface area contributed by atoms with Crippen molar-refractivity contribution in [3.05, 3.63) is 59.0 Å². The summed E-state index contributed by atoms with van der Waals surface area (Å²) in [5.41, 5.74) is 0.940. The molecule has 2 atom stereocenters. The topological polar surface area (TPSA) is 70.8 Å². The van der Waals surface area contributed by atoms with Crippen LogP contribution in [0, 0.1) is 5.92 Å². The molecule has 2 aromatic rings. The number of carbonyl (C=O) groups excluding carboxylic acids is 1. The van der Waals surface area contributed by atoms with E-state index in [0.717, 1.165) is 29.9 Å². The van der Waals surface area contributed by atoms with Crippen LogP contribution in [-0.4, -0.2) is 27.9 Å². The maximum atomic E-state index is 12.8. The van der Waals surface area contributed by atoms with Crippen molar-refractivity contribution in [3.8, 4) is 0 Å². The lowest BCUT2D eigenvalue weighted by Crippen LogP contribution is -2.33. The van der Waals surface area contributed by atoms with Gasteiger partial charge >= 0.3 is 5.97 Å². The summed E-state index contributed by atoms with van der Waals surface area (Å²) in [6.45, 7) is 2.71. The van der Waals surface area contributed by atoms with Gasteiger partial charge < -0.3 is 14.4 Å². The molecule has 0 saturated heterocycles. The first-order valence-corrected chi connectivity index (χ1v) is 9.21. The standard InChI is InChI=1S/C21H23NO4/c1-13-9-18(13)19-8-7-17(26-19)12-22(16-5-6-16)20(23)11-14-3-2-4-15(10-14)21(24)25/h2-4,7-8,10,13,16,18H,5-6,9,11-12H2,1H3,(H,24,25). The van der Waals surface area contributed by atoms with Crippen LogP contribution >= 0.6 is 0 Å². The largest absolute Gasteiger partial charge is 0.478 e. The number of amides is 1. The lowest BCUT2D eigenvalue weighted by Gasteiger charge is -2.21. The Balaban J connectivity index is 1.44. The summed E-state index contributed by atoms with van der Waals surface area (Å²) in [5.74, 6) is 2.14. The van der Waals surface area contributed by atoms with Crippen LogP contribution in [0.25, 0.3) is 0 Å². The summed E-state index contributed by atoms with van der Waals surface area (Å²) < 4.78 is 5.97. The highest BCUT2D eigenvalue weighted by molar-refractivity contribution is 5.88. The first-order valence-electron chi connectivity index (χ1n) is 9.21. The van der Waals surface area contributed by atoms with Gasteiger partial charge in [-0.05, 0) is 55.0 Å². The minimum absolute atomic E-state index is 0.0211. The van der Waals surface area contributed by atoms with Gasteiger partial charge in [-0.3, -0.25) is 4.79 Å². The van der Waals surface area contributed by atoms with Gasteiger partial charge in [-0.2, -0.15) is 0 Å². The molecule has 1 amide bonds. The molecule has 2 unspecified atom stereocenters. The van der Waals surface area contributed by atoms with E-state index in [1.807, 2.05) is 17.0 Å². The first kappa shape index (κ1) is 16.9. The van der Waals surface area contributed by atoms with Crippen LogP contribution in [0.5, 0.6) is 0 Å². The summed E-state index contributed by atoms with van der Waals surface area (Å²) in [6, 6.07) is 10.9. The molecule has 1 heterocycles. The number of nitrogens with zero attached hydrogens (tertiary/aromatic N) is 1. The van der Waals surface area contributed by atoms with Gasteiger partial charge in [-0.1, -0.05) is 19.1 Å². The number of rotatable bonds is 7. The van der Waals surface area contributed by atoms with Gasteiger partial charge in [0.05, 0.1) is 18.5 Å². The molecule has 4 rings (SSSR count). The summed E-state index contributed by atoms with van der Waals surface area (Å²) in [7, 11) is 0. The Morgan fingerprint density at radius 2 is 2.00 bits per heavy atom. The smallest absolute Gasteiger partial charge is 0.335 e. The van der Waals surface area contributed by atoms with Crippen LogP contribution in [0.15, 0.2) is 40.8 Å². The molecule has 2 aliphatic rings. The first-order chi connectivity index (χ1) is 12.5. The molecule has 1 aromatic heterocycles. The third kappa shape index (κ3) is 3.66. The Labute approximate surface area is 152 Å². The minimum Gasteiger partial charge on any atom is -0.478 e. The average molecular weight is 353 g/mol. The maximum absolute atomic E-state index is 12.8. The van der Waals surface area contributed by atoms with E-state index < -0.39 is 5.97 Å². The predicted molar refractivity (Wildman–Crippen MR) is 95.9 cm³/mol. The van der Waals surface area contributed by atoms with Crippen molar-refractivity contribution in [3.63, 3.8) is 0 Å². The zero-order valence-corrected chi connectivity index (χ0v) is 14.9. The number of carboxylic acid groups (broad SMARTS) is 1. The van der Waals surface area contributed by atoms with Gasteiger partial charge in [0, 0.05) is 12.0 Å². The van der Waals surface area contributed by atoms with Gasteiger partial charge in [-0.15, -0.1) is 0 Å². The third-order valence-electron chi connectivity index (χ3n) is 5.32. The lowest BCUT2D eigenvalue weighted by atomic mass is 10.1. The maximum Gasteiger partial charge on any atom is 0.335 e. The molecule has 136 valence electrons. The van der Waals surface area contributed by atoms with E-state index in [2.05, 4.69) is 6.92 Å². The fourth-order valence-electron chi connectivity index (χ4n) is 3.46. The number of aromatic carboxylic acids is 1. The van der Waals surface area contributed by atoms with Crippen LogP contribution in [-0.2, 0) is 17.8 Å². The fraction of sp³-hybridized carbons (Fsp3) is 0.429. The Hall–Kier alpha value is -2.56. The van der Waals surface area contributed by atoms with Crippen molar-refractivity contribution in [2.24, 2.45) is 5.92 Å². The van der Waals surface area contributed by atoms with Gasteiger partial charge in [0.2, 0.25) is 5.91 Å². The molecule has 2 fully saturated rings. The van der Waals surface area contributed by atoms with Crippen LogP contribution in [0.2, 0.25) is 0 Å². The van der Waals surface area contributed by atoms with Gasteiger partial charge in [0.25, 0.3) is 0 Å². The second-order valence-electron chi connectivity index (χ2n) is 7.56. The fourth-order valence-corrected chi connectivity index (χ4v) is 3.46. The zero-order valence-electron chi connectivity index (χ0n) is 14.9. The van der Waals surface area contributed by atoms with Crippen molar-refractivity contribution >= 4 is 11.9 Å². The van der Waals surface area contributed by atoms with Gasteiger partial charge in [0.15, 0.2) is 0 Å². The number of carboxylic acids is 1. The Bertz CT molecular complexity index is 836. The van der Waals surface area contributed by atoms with Gasteiger partial charge in [0.1, 0.15) is 11.5 Å². The van der Waals surface area contributed by atoms with E-state index in [9.17, 15) is 9.59 Å². The predicted octanol–water partition coefficient (Wildman–Crippen LogP) is 3.83. The molecular formula is C21H23NO4. The second-order valence-corrected chi connectivity index (χ2v) is 7.56. The third-order valence-corrected chi connectivity index (χ3v) is 5.32. The highest BCUT2D eigenvalue weighted by atomic mass is 16.4. The van der Waals surface area contributed by atoms with Crippen molar-refractivity contribution < 1.29 is 19.1 Å². The monoisotopic (exact) mass is 353 g/mol. The van der Waals surface area contributed by atoms with E-state index >= 15 is 0 Å². The molecule has 1 N–H and O–H groups in total. The van der Waals surface area contributed by atoms with E-state index in [4.69, 9.17) is 9.52 Å². The van der Waals surface area contributed by atoms with Crippen molar-refractivity contribution in [2.75, 3.05) is 0 Å². The molecular weight excluding hydrogens is 330 g/mol. The Morgan fingerprint density at radius 1 is 1.23 bits per heavy atom. The molecule has 26 heavy (non-hydrogen) atoms. The molecule has 0 bridgehead atoms. The molecule has 0 radical (unpaired) electrons. The number of hydrogen-bond acceptors (Lipinski definition) is 3. The molecule has 0 spiro atoms. The van der Waals surface area contributed by atoms with Crippen LogP contribution in [0.4, 0.5) is 0 Å². The van der Waals surface area contributed by atoms with E-state index in [1.54, 1.807) is 18.2 Å². The Morgan fingerprint density at radius 3 is 2.65 bits per heavy atom. The van der Waals surface area contributed by atoms with E-state index in [-0.39, 0.29) is 23.9 Å². The average Bonchev–Trinajstić information content (AvgIpc) is 3.53. The Kier molecular flexibility index (Phi) is 4.31. The molecule has 5 heteroatoms. The van der Waals surface area contributed by atoms with Gasteiger partial charge in [-0.25, -0.2) is 4.79 Å². The van der Waals surface area contributed by atoms with Crippen LogP contribution in [0.1, 0.15) is 59.5 Å². The summed E-state index contributed by atoms with van der Waals surface area (Å²) >= 11 is 0. The molecule has 2 saturated carbocycles. The lowest BCUT2D eigenvalue weighted by molar-refractivity contribution is -0.132. The molecule has 0 aliphatic heterocycles. The molecule has 5 nitrogen and oxygen atoms in total. The summed E-state index contributed by atoms with van der Waals surface area (Å²) in [4.78, 5) is 25.8. The minimum atomic E-state index is -0.976. The number of furan rings is 1. The number of hydrogen-bond donors (Lipinski definition) is 1. The van der Waals surface area contributed by atoms with E-state index in [1.165, 1.54) is 12.5 Å². The number of carbonyl (C=O) groups is 2. The second kappa shape index (κ2) is 6.63. The van der Waals surface area contributed by atoms with Crippen molar-refractivity contribution in [1.82, 2.24) is 4.90 Å². The summed E-state index contributed by atoms with van der Waals surface area (Å²) in [5, 5.41) is 9.11. The molecule has 2 aliphatic carbocycles. The highest BCUT2D eigenvalue weighted by Crippen LogP contribution is 2.47. The van der Waals surface area contributed by atoms with Crippen molar-refractivity contribution in [1.29, 1.82) is 0 Å². The van der Waals surface area contributed by atoms with Crippen LogP contribution in [0.3, 0.4) is 0 Å². The van der Waals surface area contributed by atoms with Crippen LogP contribution < -0.4 is 0 Å². The van der Waals surface area contributed by atoms with E-state index in [0.29, 0.717) is 18.4 Å². The SMILES string of the molecule is CC1CC1c1ccc(CN(C(=O)Cc2cccc(C(=O)O)c2)C2CC2)o1.